The lowest BCUT2D eigenvalue weighted by Gasteiger charge is -2.12. The second-order valence-electron chi connectivity index (χ2n) is 4.81. The summed E-state index contributed by atoms with van der Waals surface area (Å²) < 4.78 is 5.61. The minimum Gasteiger partial charge on any atom is -0.295 e. The molecule has 21 heavy (non-hydrogen) atoms. The molecule has 0 aliphatic rings. The zero-order valence-corrected chi connectivity index (χ0v) is 17.4. The first-order chi connectivity index (χ1) is 9.90. The summed E-state index contributed by atoms with van der Waals surface area (Å²) >= 11 is 11.5. The van der Waals surface area contributed by atoms with Gasteiger partial charge >= 0.3 is 5.69 Å². The molecule has 0 aliphatic heterocycles. The topological polar surface area (TPSA) is 26.9 Å². The molecule has 1 aromatic carbocycles. The fourth-order valence-corrected chi connectivity index (χ4v) is 5.45. The van der Waals surface area contributed by atoms with Crippen molar-refractivity contribution < 1.29 is 0 Å². The van der Waals surface area contributed by atoms with E-state index in [-0.39, 0.29) is 10.5 Å². The number of imidazole rings is 1. The van der Waals surface area contributed by atoms with Gasteiger partial charge in [-0.05, 0) is 57.3 Å². The van der Waals surface area contributed by atoms with E-state index in [0.717, 1.165) is 21.1 Å². The molecular weight excluding hydrogens is 531 g/mol. The molecule has 0 radical (unpaired) electrons. The zero-order valence-electron chi connectivity index (χ0n) is 11.2. The Bertz CT molecular complexity index is 896. The highest BCUT2D eigenvalue weighted by atomic mass is 127. The van der Waals surface area contributed by atoms with Gasteiger partial charge < -0.3 is 0 Å². The van der Waals surface area contributed by atoms with E-state index in [0.29, 0.717) is 0 Å². The highest BCUT2D eigenvalue weighted by Gasteiger charge is 2.18. The van der Waals surface area contributed by atoms with Crippen LogP contribution in [0.15, 0.2) is 32.8 Å². The fraction of sp³-hybridized carbons (Fsp3) is 0.214. The minimum atomic E-state index is -0.00902. The SMILES string of the molecule is Cn1c(=O)n(C)c2cc(C(Br)c3csc(I)c3)c(Br)cc21. The van der Waals surface area contributed by atoms with Crippen LogP contribution in [0.1, 0.15) is 16.0 Å². The van der Waals surface area contributed by atoms with Gasteiger partial charge in [-0.2, -0.15) is 0 Å². The molecule has 3 aromatic rings. The van der Waals surface area contributed by atoms with E-state index in [4.69, 9.17) is 0 Å². The van der Waals surface area contributed by atoms with E-state index >= 15 is 0 Å². The monoisotopic (exact) mass is 540 g/mol. The summed E-state index contributed by atoms with van der Waals surface area (Å²) in [6.45, 7) is 0. The molecule has 0 amide bonds. The number of halogens is 3. The first-order valence-corrected chi connectivity index (χ1v) is 9.79. The lowest BCUT2D eigenvalue weighted by atomic mass is 10.1. The average Bonchev–Trinajstić information content (AvgIpc) is 2.97. The number of thiophene rings is 1. The van der Waals surface area contributed by atoms with E-state index in [1.54, 1.807) is 34.6 Å². The smallest absolute Gasteiger partial charge is 0.295 e. The summed E-state index contributed by atoms with van der Waals surface area (Å²) in [6, 6.07) is 6.26. The van der Waals surface area contributed by atoms with Crippen LogP contribution in [0.5, 0.6) is 0 Å². The first kappa shape index (κ1) is 15.8. The Kier molecular flexibility index (Phi) is 4.37. The lowest BCUT2D eigenvalue weighted by Crippen LogP contribution is -2.19. The predicted molar refractivity (Wildman–Crippen MR) is 104 cm³/mol. The number of alkyl halides is 1. The predicted octanol–water partition coefficient (Wildman–Crippen LogP) is 4.79. The van der Waals surface area contributed by atoms with Gasteiger partial charge in [-0.3, -0.25) is 9.13 Å². The Balaban J connectivity index is 2.21. The van der Waals surface area contributed by atoms with Crippen LogP contribution < -0.4 is 5.69 Å². The molecule has 0 saturated heterocycles. The number of rotatable bonds is 2. The molecule has 0 N–H and O–H groups in total. The molecule has 3 rings (SSSR count). The van der Waals surface area contributed by atoms with Crippen LogP contribution in [0.2, 0.25) is 0 Å². The Morgan fingerprint density at radius 3 is 2.38 bits per heavy atom. The molecule has 1 atom stereocenters. The van der Waals surface area contributed by atoms with Crippen LogP contribution >= 0.6 is 65.8 Å². The summed E-state index contributed by atoms with van der Waals surface area (Å²) in [4.78, 5) is 12.2. The molecule has 7 heteroatoms. The number of nitrogens with zero attached hydrogens (tertiary/aromatic N) is 2. The average molecular weight is 542 g/mol. The molecule has 2 heterocycles. The van der Waals surface area contributed by atoms with Crippen LogP contribution in [0, 0.1) is 2.88 Å². The largest absolute Gasteiger partial charge is 0.328 e. The molecule has 0 saturated carbocycles. The molecule has 3 nitrogen and oxygen atoms in total. The van der Waals surface area contributed by atoms with Gasteiger partial charge in [0.2, 0.25) is 0 Å². The van der Waals surface area contributed by atoms with Gasteiger partial charge in [0.25, 0.3) is 0 Å². The Morgan fingerprint density at radius 2 is 1.81 bits per heavy atom. The van der Waals surface area contributed by atoms with E-state index in [2.05, 4.69) is 72.0 Å². The molecule has 0 fully saturated rings. The molecular formula is C14H11Br2IN2OS. The number of hydrogen-bond acceptors (Lipinski definition) is 2. The molecule has 0 aliphatic carbocycles. The molecule has 2 aromatic heterocycles. The summed E-state index contributed by atoms with van der Waals surface area (Å²) in [5, 5.41) is 2.15. The van der Waals surface area contributed by atoms with Crippen LogP contribution in [-0.4, -0.2) is 9.13 Å². The molecule has 0 bridgehead atoms. The molecule has 0 spiro atoms. The van der Waals surface area contributed by atoms with Crippen molar-refractivity contribution in [2.24, 2.45) is 14.1 Å². The van der Waals surface area contributed by atoms with E-state index in [1.807, 2.05) is 6.07 Å². The number of hydrogen-bond donors (Lipinski definition) is 0. The third-order valence-electron chi connectivity index (χ3n) is 3.54. The standard InChI is InChI=1S/C14H11Br2IN2OS/c1-18-10-4-8(13(16)7-3-12(17)21-6-7)9(15)5-11(10)19(2)14(18)20/h3-6,13H,1-2H3. The van der Waals surface area contributed by atoms with Gasteiger partial charge in [0.15, 0.2) is 0 Å². The van der Waals surface area contributed by atoms with Crippen LogP contribution in [0.4, 0.5) is 0 Å². The third-order valence-corrected chi connectivity index (χ3v) is 7.06. The van der Waals surface area contributed by atoms with Crippen molar-refractivity contribution in [2.45, 2.75) is 4.83 Å². The van der Waals surface area contributed by atoms with Gasteiger partial charge in [0.1, 0.15) is 0 Å². The Morgan fingerprint density at radius 1 is 1.19 bits per heavy atom. The van der Waals surface area contributed by atoms with Crippen molar-refractivity contribution >= 4 is 76.8 Å². The summed E-state index contributed by atoms with van der Waals surface area (Å²) in [5.41, 5.74) is 4.21. The fourth-order valence-electron chi connectivity index (χ4n) is 2.37. The summed E-state index contributed by atoms with van der Waals surface area (Å²) in [7, 11) is 3.60. The van der Waals surface area contributed by atoms with Crippen LogP contribution in [-0.2, 0) is 14.1 Å². The van der Waals surface area contributed by atoms with E-state index in [1.165, 1.54) is 8.45 Å². The highest BCUT2D eigenvalue weighted by Crippen LogP contribution is 2.39. The quantitative estimate of drug-likeness (QED) is 0.338. The van der Waals surface area contributed by atoms with E-state index in [9.17, 15) is 4.79 Å². The maximum absolute atomic E-state index is 12.1. The third kappa shape index (κ3) is 2.66. The van der Waals surface area contributed by atoms with Gasteiger partial charge in [0, 0.05) is 18.6 Å². The number of aromatic nitrogens is 2. The van der Waals surface area contributed by atoms with E-state index < -0.39 is 0 Å². The maximum Gasteiger partial charge on any atom is 0.328 e. The van der Waals surface area contributed by atoms with Gasteiger partial charge in [-0.25, -0.2) is 4.79 Å². The second-order valence-corrected chi connectivity index (χ2v) is 9.39. The Labute approximate surface area is 156 Å². The van der Waals surface area contributed by atoms with Gasteiger partial charge in [0.05, 0.1) is 18.7 Å². The normalized spacial score (nSPS) is 13.0. The zero-order chi connectivity index (χ0) is 15.3. The van der Waals surface area contributed by atoms with Crippen molar-refractivity contribution in [3.05, 3.63) is 52.5 Å². The number of benzene rings is 1. The Hall–Kier alpha value is -0.120. The summed E-state index contributed by atoms with van der Waals surface area (Å²) in [6.07, 6.45) is 0. The van der Waals surface area contributed by atoms with Crippen molar-refractivity contribution in [1.29, 1.82) is 0 Å². The first-order valence-electron chi connectivity index (χ1n) is 6.13. The van der Waals surface area contributed by atoms with Crippen molar-refractivity contribution in [2.75, 3.05) is 0 Å². The lowest BCUT2D eigenvalue weighted by molar-refractivity contribution is 0.795. The van der Waals surface area contributed by atoms with Crippen LogP contribution in [0.3, 0.4) is 0 Å². The second kappa shape index (κ2) is 5.82. The number of fused-ring (bicyclic) bond motifs is 1. The van der Waals surface area contributed by atoms with Crippen LogP contribution in [0.25, 0.3) is 11.0 Å². The molecule has 110 valence electrons. The van der Waals surface area contributed by atoms with Gasteiger partial charge in [-0.15, -0.1) is 11.3 Å². The summed E-state index contributed by atoms with van der Waals surface area (Å²) in [5.74, 6) is 0. The highest BCUT2D eigenvalue weighted by molar-refractivity contribution is 14.1. The van der Waals surface area contributed by atoms with Crippen molar-refractivity contribution in [3.63, 3.8) is 0 Å². The number of aryl methyl sites for hydroxylation is 2. The van der Waals surface area contributed by atoms with Gasteiger partial charge in [-0.1, -0.05) is 31.9 Å². The minimum absolute atomic E-state index is 0.00902. The van der Waals surface area contributed by atoms with Crippen molar-refractivity contribution in [3.8, 4) is 0 Å². The molecule has 1 unspecified atom stereocenters. The maximum atomic E-state index is 12.1. The van der Waals surface area contributed by atoms with Crippen molar-refractivity contribution in [1.82, 2.24) is 9.13 Å².